The van der Waals surface area contributed by atoms with Crippen LogP contribution in [0.25, 0.3) is 0 Å². The highest BCUT2D eigenvalue weighted by Gasteiger charge is 2.13. The number of hydrogen-bond acceptors (Lipinski definition) is 5. The van der Waals surface area contributed by atoms with Crippen molar-refractivity contribution in [3.63, 3.8) is 0 Å². The fourth-order valence-corrected chi connectivity index (χ4v) is 1.96. The summed E-state index contributed by atoms with van der Waals surface area (Å²) < 4.78 is 0. The van der Waals surface area contributed by atoms with Crippen molar-refractivity contribution >= 4 is 17.4 Å². The standard InChI is InChI=1S/C17H16N2O4/c1-12(2)16(13-6-4-3-5-7-13)18-23-17(20)14-8-10-15(11-9-14)19(21)22/h3-12H,1-2H3. The Balaban J connectivity index is 2.16. The number of oxime groups is 1. The van der Waals surface area contributed by atoms with Gasteiger partial charge in [0.15, 0.2) is 0 Å². The number of carbonyl (C=O) groups is 1. The van der Waals surface area contributed by atoms with Gasteiger partial charge in [0.25, 0.3) is 5.69 Å². The van der Waals surface area contributed by atoms with E-state index in [-0.39, 0.29) is 17.2 Å². The normalized spacial score (nSPS) is 11.3. The maximum absolute atomic E-state index is 12.0. The number of non-ortho nitro benzene ring substituents is 1. The lowest BCUT2D eigenvalue weighted by Crippen LogP contribution is -2.12. The van der Waals surface area contributed by atoms with Crippen LogP contribution in [0.4, 0.5) is 5.69 Å². The van der Waals surface area contributed by atoms with Crippen molar-refractivity contribution in [3.05, 3.63) is 75.8 Å². The molecule has 2 aromatic rings. The topological polar surface area (TPSA) is 81.8 Å². The predicted molar refractivity (Wildman–Crippen MR) is 86.3 cm³/mol. The first-order valence-electron chi connectivity index (χ1n) is 7.08. The van der Waals surface area contributed by atoms with Crippen molar-refractivity contribution in [2.24, 2.45) is 11.1 Å². The molecule has 118 valence electrons. The molecule has 0 spiro atoms. The van der Waals surface area contributed by atoms with E-state index >= 15 is 0 Å². The Kier molecular flexibility index (Phi) is 5.19. The van der Waals surface area contributed by atoms with Crippen LogP contribution in [0.2, 0.25) is 0 Å². The van der Waals surface area contributed by atoms with Gasteiger partial charge < -0.3 is 4.84 Å². The van der Waals surface area contributed by atoms with E-state index < -0.39 is 10.9 Å². The van der Waals surface area contributed by atoms with Crippen LogP contribution in [0.3, 0.4) is 0 Å². The Labute approximate surface area is 133 Å². The molecule has 0 saturated heterocycles. The van der Waals surface area contributed by atoms with Crippen LogP contribution in [0, 0.1) is 16.0 Å². The number of rotatable bonds is 5. The second-order valence-corrected chi connectivity index (χ2v) is 5.18. The van der Waals surface area contributed by atoms with Crippen LogP contribution < -0.4 is 0 Å². The molecule has 0 radical (unpaired) electrons. The number of hydrogen-bond donors (Lipinski definition) is 0. The Morgan fingerprint density at radius 3 is 2.17 bits per heavy atom. The fourth-order valence-electron chi connectivity index (χ4n) is 1.96. The van der Waals surface area contributed by atoms with Gasteiger partial charge in [-0.2, -0.15) is 0 Å². The van der Waals surface area contributed by atoms with Crippen molar-refractivity contribution in [2.45, 2.75) is 13.8 Å². The summed E-state index contributed by atoms with van der Waals surface area (Å²) in [7, 11) is 0. The molecule has 0 bridgehead atoms. The highest BCUT2D eigenvalue weighted by molar-refractivity contribution is 6.02. The molecule has 0 heterocycles. The first-order chi connectivity index (χ1) is 11.0. The average Bonchev–Trinajstić information content (AvgIpc) is 2.55. The molecule has 0 unspecified atom stereocenters. The smallest absolute Gasteiger partial charge is 0.313 e. The third kappa shape index (κ3) is 4.23. The summed E-state index contributed by atoms with van der Waals surface area (Å²) >= 11 is 0. The molecule has 0 saturated carbocycles. The third-order valence-electron chi connectivity index (χ3n) is 3.16. The summed E-state index contributed by atoms with van der Waals surface area (Å²) in [4.78, 5) is 27.0. The lowest BCUT2D eigenvalue weighted by Gasteiger charge is -2.09. The Bertz CT molecular complexity index is 722. The predicted octanol–water partition coefficient (Wildman–Crippen LogP) is 3.81. The molecule has 0 atom stereocenters. The van der Waals surface area contributed by atoms with E-state index in [1.807, 2.05) is 44.2 Å². The second-order valence-electron chi connectivity index (χ2n) is 5.18. The Morgan fingerprint density at radius 1 is 1.04 bits per heavy atom. The molecule has 0 aliphatic rings. The average molecular weight is 312 g/mol. The van der Waals surface area contributed by atoms with Crippen LogP contribution in [0.1, 0.15) is 29.8 Å². The molecule has 0 aromatic heterocycles. The van der Waals surface area contributed by atoms with Gasteiger partial charge in [0, 0.05) is 12.1 Å². The third-order valence-corrected chi connectivity index (χ3v) is 3.16. The van der Waals surface area contributed by atoms with Gasteiger partial charge in [-0.05, 0) is 23.6 Å². The Hall–Kier alpha value is -3.02. The molecule has 2 aromatic carbocycles. The van der Waals surface area contributed by atoms with Gasteiger partial charge in [0.2, 0.25) is 0 Å². The van der Waals surface area contributed by atoms with E-state index in [0.717, 1.165) is 5.56 Å². The highest BCUT2D eigenvalue weighted by Crippen LogP contribution is 2.14. The van der Waals surface area contributed by atoms with Crippen molar-refractivity contribution in [1.82, 2.24) is 0 Å². The summed E-state index contributed by atoms with van der Waals surface area (Å²) in [6.45, 7) is 3.90. The minimum atomic E-state index is -0.658. The highest BCUT2D eigenvalue weighted by atomic mass is 16.7. The van der Waals surface area contributed by atoms with Crippen molar-refractivity contribution in [3.8, 4) is 0 Å². The van der Waals surface area contributed by atoms with Crippen LogP contribution in [-0.4, -0.2) is 16.6 Å². The molecule has 0 amide bonds. The first-order valence-corrected chi connectivity index (χ1v) is 7.08. The van der Waals surface area contributed by atoms with Crippen LogP contribution in [0.5, 0.6) is 0 Å². The molecule has 0 aliphatic heterocycles. The molecular formula is C17H16N2O4. The lowest BCUT2D eigenvalue weighted by molar-refractivity contribution is -0.384. The summed E-state index contributed by atoms with van der Waals surface area (Å²) in [5.74, 6) is -0.587. The maximum atomic E-state index is 12.0. The minimum absolute atomic E-state index is 0.0714. The Morgan fingerprint density at radius 2 is 1.65 bits per heavy atom. The van der Waals surface area contributed by atoms with E-state index in [1.54, 1.807) is 0 Å². The number of nitrogens with zero attached hydrogens (tertiary/aromatic N) is 2. The van der Waals surface area contributed by atoms with Gasteiger partial charge >= 0.3 is 5.97 Å². The zero-order valence-corrected chi connectivity index (χ0v) is 12.8. The van der Waals surface area contributed by atoms with Crippen LogP contribution >= 0.6 is 0 Å². The van der Waals surface area contributed by atoms with E-state index in [4.69, 9.17) is 4.84 Å². The van der Waals surface area contributed by atoms with Gasteiger partial charge in [-0.15, -0.1) is 0 Å². The zero-order valence-electron chi connectivity index (χ0n) is 12.8. The van der Waals surface area contributed by atoms with Crippen molar-refractivity contribution < 1.29 is 14.6 Å². The van der Waals surface area contributed by atoms with Gasteiger partial charge in [-0.25, -0.2) is 4.79 Å². The lowest BCUT2D eigenvalue weighted by atomic mass is 10.0. The van der Waals surface area contributed by atoms with E-state index in [0.29, 0.717) is 5.71 Å². The number of nitro groups is 1. The molecule has 6 heteroatoms. The monoisotopic (exact) mass is 312 g/mol. The molecular weight excluding hydrogens is 296 g/mol. The summed E-state index contributed by atoms with van der Waals surface area (Å²) in [6, 6.07) is 14.6. The van der Waals surface area contributed by atoms with Crippen LogP contribution in [-0.2, 0) is 4.84 Å². The fraction of sp³-hybridized carbons (Fsp3) is 0.176. The van der Waals surface area contributed by atoms with Gasteiger partial charge in [-0.1, -0.05) is 49.3 Å². The number of benzene rings is 2. The molecule has 0 fully saturated rings. The molecule has 2 rings (SSSR count). The molecule has 0 N–H and O–H groups in total. The van der Waals surface area contributed by atoms with E-state index in [1.165, 1.54) is 24.3 Å². The van der Waals surface area contributed by atoms with E-state index in [9.17, 15) is 14.9 Å². The van der Waals surface area contributed by atoms with Gasteiger partial charge in [0.05, 0.1) is 16.2 Å². The summed E-state index contributed by atoms with van der Waals surface area (Å²) in [6.07, 6.45) is 0. The second kappa shape index (κ2) is 7.31. The quantitative estimate of drug-likeness (QED) is 0.364. The minimum Gasteiger partial charge on any atom is -0.313 e. The SMILES string of the molecule is CC(C)C(=NOC(=O)c1ccc([N+](=O)[O-])cc1)c1ccccc1. The molecule has 23 heavy (non-hydrogen) atoms. The molecule has 6 nitrogen and oxygen atoms in total. The zero-order chi connectivity index (χ0) is 16.8. The number of nitro benzene ring substituents is 1. The van der Waals surface area contributed by atoms with Crippen molar-refractivity contribution in [2.75, 3.05) is 0 Å². The van der Waals surface area contributed by atoms with Gasteiger partial charge in [-0.3, -0.25) is 10.1 Å². The van der Waals surface area contributed by atoms with E-state index in [2.05, 4.69) is 5.16 Å². The number of carbonyl (C=O) groups excluding carboxylic acids is 1. The molecule has 0 aliphatic carbocycles. The van der Waals surface area contributed by atoms with Crippen LogP contribution in [0.15, 0.2) is 59.8 Å². The van der Waals surface area contributed by atoms with Crippen molar-refractivity contribution in [1.29, 1.82) is 0 Å². The summed E-state index contributed by atoms with van der Waals surface area (Å²) in [5, 5.41) is 14.6. The largest absolute Gasteiger partial charge is 0.365 e. The first kappa shape index (κ1) is 16.4. The maximum Gasteiger partial charge on any atom is 0.365 e. The summed E-state index contributed by atoms with van der Waals surface area (Å²) in [5.41, 5.74) is 1.65. The van der Waals surface area contributed by atoms with Gasteiger partial charge in [0.1, 0.15) is 0 Å².